The van der Waals surface area contributed by atoms with Crippen LogP contribution in [-0.2, 0) is 11.2 Å². The molecule has 1 N–H and O–H groups in total. The summed E-state index contributed by atoms with van der Waals surface area (Å²) in [6.45, 7) is 8.23. The molecule has 0 saturated carbocycles. The zero-order valence-electron chi connectivity index (χ0n) is 16.7. The Balaban J connectivity index is 1.41. The van der Waals surface area contributed by atoms with Crippen molar-refractivity contribution in [2.45, 2.75) is 20.3 Å². The van der Waals surface area contributed by atoms with Gasteiger partial charge in [0, 0.05) is 42.9 Å². The maximum atomic E-state index is 12.5. The summed E-state index contributed by atoms with van der Waals surface area (Å²) in [5.74, 6) is -0.0956. The van der Waals surface area contributed by atoms with Crippen molar-refractivity contribution in [3.63, 3.8) is 0 Å². The SMILES string of the molecule is Cc1cc(C)c2onc(CC(=O)Nc3ccc(N4CCN(C)CC4)cc3)c2c1. The number of aryl methyl sites for hydroxylation is 2. The summed E-state index contributed by atoms with van der Waals surface area (Å²) in [5.41, 5.74) is 5.59. The van der Waals surface area contributed by atoms with Crippen LogP contribution in [0, 0.1) is 13.8 Å². The standard InChI is InChI=1S/C22H26N4O2/c1-15-12-16(2)22-19(13-15)20(24-28-22)14-21(27)23-17-4-6-18(7-5-17)26-10-8-25(3)9-11-26/h4-7,12-13H,8-11,14H2,1-3H3,(H,23,27). The summed E-state index contributed by atoms with van der Waals surface area (Å²) in [6.07, 6.45) is 0.191. The molecule has 6 heteroatoms. The van der Waals surface area contributed by atoms with Gasteiger partial charge < -0.3 is 19.6 Å². The molecule has 0 bridgehead atoms. The Labute approximate surface area is 165 Å². The van der Waals surface area contributed by atoms with E-state index < -0.39 is 0 Å². The van der Waals surface area contributed by atoms with Crippen LogP contribution in [0.15, 0.2) is 40.9 Å². The quantitative estimate of drug-likeness (QED) is 0.754. The highest BCUT2D eigenvalue weighted by Gasteiger charge is 2.16. The molecule has 0 atom stereocenters. The molecule has 28 heavy (non-hydrogen) atoms. The molecule has 4 rings (SSSR count). The monoisotopic (exact) mass is 378 g/mol. The van der Waals surface area contributed by atoms with Crippen LogP contribution in [0.3, 0.4) is 0 Å². The van der Waals surface area contributed by atoms with Crippen LogP contribution in [0.25, 0.3) is 11.0 Å². The number of fused-ring (bicyclic) bond motifs is 1. The number of amides is 1. The fourth-order valence-corrected chi connectivity index (χ4v) is 3.74. The maximum absolute atomic E-state index is 12.5. The largest absolute Gasteiger partial charge is 0.369 e. The average Bonchev–Trinajstić information content (AvgIpc) is 3.06. The summed E-state index contributed by atoms with van der Waals surface area (Å²) >= 11 is 0. The first-order chi connectivity index (χ1) is 13.5. The van der Waals surface area contributed by atoms with E-state index in [-0.39, 0.29) is 12.3 Å². The molecule has 0 aliphatic carbocycles. The maximum Gasteiger partial charge on any atom is 0.230 e. The predicted molar refractivity (Wildman–Crippen MR) is 112 cm³/mol. The van der Waals surface area contributed by atoms with Crippen molar-refractivity contribution in [2.24, 2.45) is 0 Å². The van der Waals surface area contributed by atoms with Crippen molar-refractivity contribution in [1.29, 1.82) is 0 Å². The van der Waals surface area contributed by atoms with Crippen LogP contribution >= 0.6 is 0 Å². The van der Waals surface area contributed by atoms with E-state index in [9.17, 15) is 4.79 Å². The van der Waals surface area contributed by atoms with Crippen LogP contribution < -0.4 is 10.2 Å². The highest BCUT2D eigenvalue weighted by Crippen LogP contribution is 2.24. The Bertz CT molecular complexity index is 986. The van der Waals surface area contributed by atoms with Crippen LogP contribution in [-0.4, -0.2) is 49.2 Å². The van der Waals surface area contributed by atoms with Gasteiger partial charge in [-0.3, -0.25) is 4.79 Å². The smallest absolute Gasteiger partial charge is 0.230 e. The third-order valence-electron chi connectivity index (χ3n) is 5.32. The number of hydrogen-bond donors (Lipinski definition) is 1. The van der Waals surface area contributed by atoms with Crippen LogP contribution in [0.1, 0.15) is 16.8 Å². The Morgan fingerprint density at radius 2 is 1.82 bits per heavy atom. The number of carbonyl (C=O) groups is 1. The fraction of sp³-hybridized carbons (Fsp3) is 0.364. The lowest BCUT2D eigenvalue weighted by Gasteiger charge is -2.34. The van der Waals surface area contributed by atoms with Crippen molar-refractivity contribution in [3.05, 3.63) is 53.2 Å². The number of nitrogens with one attached hydrogen (secondary N) is 1. The molecule has 146 valence electrons. The van der Waals surface area contributed by atoms with Gasteiger partial charge in [0.05, 0.1) is 6.42 Å². The van der Waals surface area contributed by atoms with E-state index in [2.05, 4.69) is 45.5 Å². The van der Waals surface area contributed by atoms with E-state index in [1.54, 1.807) is 0 Å². The second-order valence-electron chi connectivity index (χ2n) is 7.65. The molecule has 1 amide bonds. The van der Waals surface area contributed by atoms with Gasteiger partial charge in [-0.1, -0.05) is 11.2 Å². The molecule has 1 aliphatic heterocycles. The number of hydrogen-bond acceptors (Lipinski definition) is 5. The molecule has 6 nitrogen and oxygen atoms in total. The lowest BCUT2D eigenvalue weighted by atomic mass is 10.1. The number of rotatable bonds is 4. The normalized spacial score (nSPS) is 15.2. The second kappa shape index (κ2) is 7.64. The van der Waals surface area contributed by atoms with Crippen molar-refractivity contribution >= 4 is 28.3 Å². The van der Waals surface area contributed by atoms with Gasteiger partial charge in [0.25, 0.3) is 0 Å². The molecular formula is C22H26N4O2. The summed E-state index contributed by atoms with van der Waals surface area (Å²) in [5, 5.41) is 7.99. The molecule has 1 aliphatic rings. The Hall–Kier alpha value is -2.86. The van der Waals surface area contributed by atoms with E-state index in [1.165, 1.54) is 5.69 Å². The topological polar surface area (TPSA) is 61.6 Å². The van der Waals surface area contributed by atoms with Crippen molar-refractivity contribution in [3.8, 4) is 0 Å². The fourth-order valence-electron chi connectivity index (χ4n) is 3.74. The molecular weight excluding hydrogens is 352 g/mol. The minimum atomic E-state index is -0.0956. The van der Waals surface area contributed by atoms with E-state index in [0.717, 1.165) is 54.0 Å². The van der Waals surface area contributed by atoms with E-state index >= 15 is 0 Å². The number of aromatic nitrogens is 1. The highest BCUT2D eigenvalue weighted by molar-refractivity contribution is 5.95. The van der Waals surface area contributed by atoms with Gasteiger partial charge in [-0.25, -0.2) is 0 Å². The zero-order valence-corrected chi connectivity index (χ0v) is 16.7. The predicted octanol–water partition coefficient (Wildman–Crippen LogP) is 3.38. The van der Waals surface area contributed by atoms with Gasteiger partial charge in [0.15, 0.2) is 5.58 Å². The van der Waals surface area contributed by atoms with Gasteiger partial charge >= 0.3 is 0 Å². The molecule has 1 fully saturated rings. The molecule has 1 saturated heterocycles. The summed E-state index contributed by atoms with van der Waals surface area (Å²) < 4.78 is 5.44. The number of likely N-dealkylation sites (N-methyl/N-ethyl adjacent to an activating group) is 1. The lowest BCUT2D eigenvalue weighted by molar-refractivity contribution is -0.115. The minimum Gasteiger partial charge on any atom is -0.369 e. The lowest BCUT2D eigenvalue weighted by Crippen LogP contribution is -2.44. The number of carbonyl (C=O) groups excluding carboxylic acids is 1. The number of piperazine rings is 1. The van der Waals surface area contributed by atoms with Gasteiger partial charge in [0.1, 0.15) is 5.69 Å². The van der Waals surface area contributed by atoms with Gasteiger partial charge in [-0.2, -0.15) is 0 Å². The first kappa shape index (κ1) is 18.5. The summed E-state index contributed by atoms with van der Waals surface area (Å²) in [7, 11) is 2.15. The van der Waals surface area contributed by atoms with Crippen LogP contribution in [0.2, 0.25) is 0 Å². The van der Waals surface area contributed by atoms with Crippen molar-refractivity contribution < 1.29 is 9.32 Å². The highest BCUT2D eigenvalue weighted by atomic mass is 16.5. The molecule has 3 aromatic rings. The van der Waals surface area contributed by atoms with E-state index in [1.807, 2.05) is 32.0 Å². The number of anilines is 2. The number of benzene rings is 2. The van der Waals surface area contributed by atoms with Crippen molar-refractivity contribution in [2.75, 3.05) is 43.4 Å². The Kier molecular flexibility index (Phi) is 5.05. The molecule has 0 radical (unpaired) electrons. The van der Waals surface area contributed by atoms with Crippen LogP contribution in [0.4, 0.5) is 11.4 Å². The molecule has 0 spiro atoms. The summed E-state index contributed by atoms with van der Waals surface area (Å²) in [6, 6.07) is 12.1. The zero-order chi connectivity index (χ0) is 19.7. The third kappa shape index (κ3) is 3.87. The molecule has 1 aromatic heterocycles. The second-order valence-corrected chi connectivity index (χ2v) is 7.65. The van der Waals surface area contributed by atoms with E-state index in [0.29, 0.717) is 5.69 Å². The van der Waals surface area contributed by atoms with Gasteiger partial charge in [-0.15, -0.1) is 0 Å². The average molecular weight is 378 g/mol. The van der Waals surface area contributed by atoms with E-state index in [4.69, 9.17) is 4.52 Å². The minimum absolute atomic E-state index is 0.0956. The molecule has 2 heterocycles. The molecule has 0 unspecified atom stereocenters. The Morgan fingerprint density at radius 3 is 2.54 bits per heavy atom. The van der Waals surface area contributed by atoms with Gasteiger partial charge in [-0.05, 0) is 62.4 Å². The van der Waals surface area contributed by atoms with Gasteiger partial charge in [0.2, 0.25) is 5.91 Å². The molecule has 2 aromatic carbocycles. The first-order valence-electron chi connectivity index (χ1n) is 9.68. The first-order valence-corrected chi connectivity index (χ1v) is 9.68. The van der Waals surface area contributed by atoms with Crippen LogP contribution in [0.5, 0.6) is 0 Å². The van der Waals surface area contributed by atoms with Crippen molar-refractivity contribution in [1.82, 2.24) is 10.1 Å². The number of nitrogens with zero attached hydrogens (tertiary/aromatic N) is 3. The Morgan fingerprint density at radius 1 is 1.11 bits per heavy atom. The summed E-state index contributed by atoms with van der Waals surface area (Å²) in [4.78, 5) is 17.2. The third-order valence-corrected chi connectivity index (χ3v) is 5.32.